The van der Waals surface area contributed by atoms with Crippen molar-refractivity contribution in [2.24, 2.45) is 5.92 Å². The second-order valence-corrected chi connectivity index (χ2v) is 16.6. The number of halogens is 3. The van der Waals surface area contributed by atoms with E-state index in [1.165, 1.54) is 7.11 Å². The molecule has 296 valence electrons. The Morgan fingerprint density at radius 3 is 2.62 bits per heavy atom. The lowest BCUT2D eigenvalue weighted by molar-refractivity contribution is 0.0739. The molecule has 7 heterocycles. The quantitative estimate of drug-likeness (QED) is 0.146. The number of methoxy groups -OCH3 is 1. The number of nitriles is 1. The highest BCUT2D eigenvalue weighted by molar-refractivity contribution is 6.43. The molecule has 2 bridgehead atoms. The smallest absolute Gasteiger partial charge is 0.410 e. The lowest BCUT2D eigenvalue weighted by Gasteiger charge is -2.39. The van der Waals surface area contributed by atoms with Crippen molar-refractivity contribution in [2.75, 3.05) is 20.2 Å². The molecule has 0 radical (unpaired) electrons. The molecule has 14 heteroatoms. The molecule has 5 atom stereocenters. The van der Waals surface area contributed by atoms with Crippen molar-refractivity contribution in [1.82, 2.24) is 29.7 Å². The number of carbonyl (C=O) groups is 1. The first-order chi connectivity index (χ1) is 28.0. The molecule has 11 nitrogen and oxygen atoms in total. The molecule has 2 aromatic carbocycles. The van der Waals surface area contributed by atoms with Crippen LogP contribution in [0.2, 0.25) is 10.0 Å². The number of pyridine rings is 3. The lowest BCUT2D eigenvalue weighted by Crippen LogP contribution is -2.41. The first-order valence-corrected chi connectivity index (χ1v) is 20.1. The average molecular weight is 821 g/mol. The molecule has 58 heavy (non-hydrogen) atoms. The third kappa shape index (κ3) is 6.41. The van der Waals surface area contributed by atoms with Crippen LogP contribution in [-0.4, -0.2) is 68.0 Å². The van der Waals surface area contributed by atoms with Crippen LogP contribution in [0, 0.1) is 23.1 Å². The molecule has 6 aromatic rings. The molecular weight excluding hydrogens is 780 g/mol. The van der Waals surface area contributed by atoms with Gasteiger partial charge in [-0.05, 0) is 74.6 Å². The maximum atomic E-state index is 17.8. The summed E-state index contributed by atoms with van der Waals surface area (Å²) in [6.07, 6.45) is 4.24. The molecule has 2 N–H and O–H groups in total. The van der Waals surface area contributed by atoms with Crippen LogP contribution in [0.15, 0.2) is 73.1 Å². The van der Waals surface area contributed by atoms with Crippen LogP contribution in [0.4, 0.5) is 9.18 Å². The number of carbonyl (C=O) groups excluding carboxylic acids is 1. The van der Waals surface area contributed by atoms with E-state index >= 15 is 4.39 Å². The Balaban J connectivity index is 1.35. The highest BCUT2D eigenvalue weighted by Crippen LogP contribution is 2.51. The number of rotatable bonds is 9. The van der Waals surface area contributed by atoms with Gasteiger partial charge in [0.2, 0.25) is 5.88 Å². The van der Waals surface area contributed by atoms with Gasteiger partial charge in [0.25, 0.3) is 0 Å². The number of nitrogens with one attached hydrogen (secondary N) is 1. The maximum Gasteiger partial charge on any atom is 0.410 e. The Hall–Kier alpha value is -5.32. The van der Waals surface area contributed by atoms with E-state index in [4.69, 9.17) is 37.7 Å². The number of ether oxygens (including phenoxy) is 2. The van der Waals surface area contributed by atoms with Crippen molar-refractivity contribution < 1.29 is 23.8 Å². The summed E-state index contributed by atoms with van der Waals surface area (Å²) in [6, 6.07) is 20.0. The molecular formula is C44H40Cl2FN7O4. The molecule has 3 saturated heterocycles. The summed E-state index contributed by atoms with van der Waals surface area (Å²) in [6.45, 7) is 4.41. The molecule has 1 saturated carbocycles. The van der Waals surface area contributed by atoms with E-state index in [2.05, 4.69) is 32.0 Å². The minimum Gasteiger partial charge on any atom is -0.472 e. The van der Waals surface area contributed by atoms with Crippen LogP contribution in [0.25, 0.3) is 44.2 Å². The monoisotopic (exact) mass is 819 g/mol. The molecule has 4 aliphatic rings. The first kappa shape index (κ1) is 38.2. The second kappa shape index (κ2) is 14.8. The van der Waals surface area contributed by atoms with Gasteiger partial charge in [0, 0.05) is 77.0 Å². The van der Waals surface area contributed by atoms with Gasteiger partial charge in [0.05, 0.1) is 58.8 Å². The van der Waals surface area contributed by atoms with Crippen LogP contribution in [0.3, 0.4) is 0 Å². The summed E-state index contributed by atoms with van der Waals surface area (Å²) in [5, 5.41) is 25.9. The van der Waals surface area contributed by atoms with Crippen molar-refractivity contribution in [3.63, 3.8) is 0 Å². The predicted octanol–water partition coefficient (Wildman–Crippen LogP) is 8.94. The zero-order chi connectivity index (χ0) is 40.5. The molecule has 3 aliphatic heterocycles. The minimum atomic E-state index is -1.19. The Labute approximate surface area is 344 Å². The third-order valence-electron chi connectivity index (χ3n) is 11.8. The number of fused-ring (bicyclic) bond motifs is 4. The zero-order valence-corrected chi connectivity index (χ0v) is 33.6. The highest BCUT2D eigenvalue weighted by Gasteiger charge is 2.51. The van der Waals surface area contributed by atoms with E-state index in [0.717, 1.165) is 29.6 Å². The standard InChI is InChI=1S/C44H40Cl2FN7O4/c1-44(2,56)34-13-12-24(20-51-34)39-29-19-33(32-18-26(22-53(32)43(55)57-3)58-35-11-4-5-15-49-35)54(41-25-17-31(41)50-21-25)42(29)28-16-23(8-7-14-48)36(38(47)40(28)52-39)27-9-6-10-30(45)37(27)46/h4-6,9-13,15-16,19-20,25-26,31-32,41,50,56H,7-8,17-18,21-22H2,1-3H3/t25-,26+,31-,32-,41+/m1/s1. The van der Waals surface area contributed by atoms with E-state index in [1.807, 2.05) is 24.3 Å². The number of aromatic nitrogens is 4. The molecule has 0 spiro atoms. The van der Waals surface area contributed by atoms with Crippen LogP contribution in [-0.2, 0) is 16.8 Å². The Bertz CT molecular complexity index is 2610. The van der Waals surface area contributed by atoms with E-state index in [9.17, 15) is 15.2 Å². The Morgan fingerprint density at radius 1 is 1.10 bits per heavy atom. The fourth-order valence-corrected chi connectivity index (χ4v) is 9.53. The van der Waals surface area contributed by atoms with Gasteiger partial charge in [-0.1, -0.05) is 41.4 Å². The Morgan fingerprint density at radius 2 is 1.95 bits per heavy atom. The molecule has 4 fully saturated rings. The largest absolute Gasteiger partial charge is 0.472 e. The summed E-state index contributed by atoms with van der Waals surface area (Å²) in [5.41, 5.74) is 3.29. The number of nitrogens with zero attached hydrogens (tertiary/aromatic N) is 6. The number of benzene rings is 2. The average Bonchev–Trinajstić information content (AvgIpc) is 4.03. The third-order valence-corrected chi connectivity index (χ3v) is 12.7. The number of amides is 1. The van der Waals surface area contributed by atoms with Crippen molar-refractivity contribution >= 4 is 51.1 Å². The van der Waals surface area contributed by atoms with Gasteiger partial charge in [-0.2, -0.15) is 5.26 Å². The summed E-state index contributed by atoms with van der Waals surface area (Å²) < 4.78 is 31.8. The number of aliphatic hydroxyl groups is 1. The summed E-state index contributed by atoms with van der Waals surface area (Å²) in [5.74, 6) is 0.152. The van der Waals surface area contributed by atoms with Crippen LogP contribution >= 0.6 is 23.2 Å². The van der Waals surface area contributed by atoms with Crippen LogP contribution in [0.5, 0.6) is 5.88 Å². The SMILES string of the molecule is COC(=O)N1C[C@@H](Oc2ccccn2)C[C@@H]1c1cc2c(-c3ccc(C(C)(C)O)nc3)nc3c(F)c(-c4cccc(Cl)c4Cl)c(CCC#N)cc3c2n1[C@H]1[C@H]2CN[C@@H]1C2. The number of hydrogen-bond acceptors (Lipinski definition) is 9. The summed E-state index contributed by atoms with van der Waals surface area (Å²) in [4.78, 5) is 29.4. The highest BCUT2D eigenvalue weighted by atomic mass is 35.5. The number of likely N-dealkylation sites (tertiary alicyclic amines) is 1. The van der Waals surface area contributed by atoms with Gasteiger partial charge in [-0.25, -0.2) is 19.2 Å². The van der Waals surface area contributed by atoms with Crippen molar-refractivity contribution in [2.45, 2.75) is 69.4 Å². The van der Waals surface area contributed by atoms with E-state index in [0.29, 0.717) is 51.7 Å². The van der Waals surface area contributed by atoms with E-state index in [-0.39, 0.29) is 52.6 Å². The van der Waals surface area contributed by atoms with Gasteiger partial charge < -0.3 is 24.5 Å². The van der Waals surface area contributed by atoms with Gasteiger partial charge >= 0.3 is 6.09 Å². The Kier molecular flexibility index (Phi) is 9.76. The predicted molar refractivity (Wildman–Crippen MR) is 219 cm³/mol. The van der Waals surface area contributed by atoms with Crippen molar-refractivity contribution in [3.8, 4) is 34.3 Å². The fraction of sp³-hybridized carbons (Fsp3) is 0.341. The first-order valence-electron chi connectivity index (χ1n) is 19.3. The van der Waals surface area contributed by atoms with E-state index in [1.54, 1.807) is 61.5 Å². The van der Waals surface area contributed by atoms with Gasteiger partial charge in [-0.15, -0.1) is 0 Å². The van der Waals surface area contributed by atoms with Crippen molar-refractivity contribution in [3.05, 3.63) is 106 Å². The number of aryl methyl sites for hydroxylation is 1. The van der Waals surface area contributed by atoms with Gasteiger partial charge in [0.1, 0.15) is 17.2 Å². The second-order valence-electron chi connectivity index (χ2n) is 15.8. The number of hydrogen-bond donors (Lipinski definition) is 2. The molecule has 4 aromatic heterocycles. The lowest BCUT2D eigenvalue weighted by atomic mass is 9.79. The van der Waals surface area contributed by atoms with Crippen molar-refractivity contribution in [1.29, 1.82) is 5.26 Å². The molecule has 1 amide bonds. The topological polar surface area (TPSA) is 138 Å². The fourth-order valence-electron chi connectivity index (χ4n) is 9.13. The van der Waals surface area contributed by atoms with Gasteiger partial charge in [-0.3, -0.25) is 9.88 Å². The molecule has 10 rings (SSSR count). The normalized spacial score (nSPS) is 21.3. The van der Waals surface area contributed by atoms with Crippen LogP contribution < -0.4 is 10.1 Å². The maximum absolute atomic E-state index is 17.8. The van der Waals surface area contributed by atoms with Gasteiger partial charge in [0.15, 0.2) is 5.82 Å². The minimum absolute atomic E-state index is 0.00966. The summed E-state index contributed by atoms with van der Waals surface area (Å²) in [7, 11) is 1.37. The van der Waals surface area contributed by atoms with E-state index < -0.39 is 29.7 Å². The van der Waals surface area contributed by atoms with Crippen LogP contribution in [0.1, 0.15) is 62.1 Å². The summed E-state index contributed by atoms with van der Waals surface area (Å²) >= 11 is 13.3. The molecule has 0 unspecified atom stereocenters. The molecule has 1 aliphatic carbocycles. The zero-order valence-electron chi connectivity index (χ0n) is 32.0.